The normalized spacial score (nSPS) is 14.8. The minimum Gasteiger partial charge on any atom is -0.472 e. The number of aliphatic hydroxyl groups is 1. The van der Waals surface area contributed by atoms with Gasteiger partial charge in [-0.25, -0.2) is 4.58 Å². The molecule has 0 bridgehead atoms. The zero-order valence-electron chi connectivity index (χ0n) is 30.6. The van der Waals surface area contributed by atoms with Crippen molar-refractivity contribution < 1.29 is 28.5 Å². The third-order valence-electron chi connectivity index (χ3n) is 10.3. The van der Waals surface area contributed by atoms with E-state index in [2.05, 4.69) is 71.1 Å². The van der Waals surface area contributed by atoms with Crippen LogP contribution < -0.4 is 35.6 Å². The SMILES string of the molecule is Nc1nc(OCc2ccc(CNC(=O)c3ccc(-c4c5ccc(=[N+]6CCOCC6)cc-5oc5cc(N6CCOCC6)ccc45)c(CO)c3)cc2)c2nc[n-]c2n1. The molecular formula is C42H40N8O6. The first-order chi connectivity index (χ1) is 27.5. The summed E-state index contributed by atoms with van der Waals surface area (Å²) in [5.74, 6) is 0.831. The van der Waals surface area contributed by atoms with Crippen LogP contribution in [0.15, 0.2) is 89.6 Å². The lowest BCUT2D eigenvalue weighted by Gasteiger charge is -2.29. The molecule has 4 aliphatic rings. The highest BCUT2D eigenvalue weighted by Crippen LogP contribution is 2.42. The van der Waals surface area contributed by atoms with Gasteiger partial charge in [0.05, 0.1) is 31.4 Å². The summed E-state index contributed by atoms with van der Waals surface area (Å²) in [4.78, 5) is 32.2. The van der Waals surface area contributed by atoms with E-state index in [0.717, 1.165) is 81.8 Å². The summed E-state index contributed by atoms with van der Waals surface area (Å²) in [6.07, 6.45) is 1.39. The Hall–Kier alpha value is -6.35. The lowest BCUT2D eigenvalue weighted by molar-refractivity contribution is 0.0950. The molecule has 2 aromatic heterocycles. The van der Waals surface area contributed by atoms with E-state index in [4.69, 9.17) is 24.4 Å². The summed E-state index contributed by atoms with van der Waals surface area (Å²) in [6, 6.07) is 25.8. The predicted octanol–water partition coefficient (Wildman–Crippen LogP) is 3.72. The predicted molar refractivity (Wildman–Crippen MR) is 210 cm³/mol. The van der Waals surface area contributed by atoms with E-state index in [9.17, 15) is 9.90 Å². The summed E-state index contributed by atoms with van der Waals surface area (Å²) in [6.45, 7) is 6.26. The highest BCUT2D eigenvalue weighted by atomic mass is 16.5. The molecule has 0 saturated carbocycles. The van der Waals surface area contributed by atoms with E-state index in [0.29, 0.717) is 55.3 Å². The van der Waals surface area contributed by atoms with Gasteiger partial charge in [-0.1, -0.05) is 30.3 Å². The van der Waals surface area contributed by atoms with E-state index in [1.54, 1.807) is 6.07 Å². The maximum Gasteiger partial charge on any atom is 0.251 e. The van der Waals surface area contributed by atoms with Crippen molar-refractivity contribution in [3.8, 4) is 28.3 Å². The number of anilines is 2. The Labute approximate surface area is 321 Å². The van der Waals surface area contributed by atoms with Gasteiger partial charge in [0, 0.05) is 65.2 Å². The number of hydrogen-bond donors (Lipinski definition) is 3. The monoisotopic (exact) mass is 752 g/mol. The Morgan fingerprint density at radius 1 is 0.911 bits per heavy atom. The third kappa shape index (κ3) is 7.12. The molecule has 9 rings (SSSR count). The summed E-state index contributed by atoms with van der Waals surface area (Å²) < 4.78 is 26.0. The lowest BCUT2D eigenvalue weighted by atomic mass is 9.90. The molecule has 284 valence electrons. The Morgan fingerprint density at radius 2 is 1.70 bits per heavy atom. The fraction of sp³-hybridized carbons (Fsp3) is 0.262. The summed E-state index contributed by atoms with van der Waals surface area (Å²) >= 11 is 0. The number of ether oxygens (including phenoxy) is 3. The lowest BCUT2D eigenvalue weighted by Crippen LogP contribution is -2.39. The number of nitrogen functional groups attached to an aromatic ring is 1. The number of morpholine rings is 2. The molecule has 0 radical (unpaired) electrons. The molecule has 0 spiro atoms. The Balaban J connectivity index is 0.971. The number of nitrogens with zero attached hydrogens (tertiary/aromatic N) is 6. The molecule has 2 fully saturated rings. The van der Waals surface area contributed by atoms with Crippen LogP contribution in [0.3, 0.4) is 0 Å². The highest BCUT2D eigenvalue weighted by Gasteiger charge is 2.23. The van der Waals surface area contributed by atoms with Crippen molar-refractivity contribution in [1.82, 2.24) is 29.8 Å². The number of fused-ring (bicyclic) bond motifs is 3. The van der Waals surface area contributed by atoms with Crippen LogP contribution in [0.5, 0.6) is 5.88 Å². The van der Waals surface area contributed by atoms with Gasteiger partial charge in [-0.3, -0.25) is 4.79 Å². The Kier molecular flexibility index (Phi) is 9.73. The number of aliphatic hydroxyl groups excluding tert-OH is 1. The molecule has 1 aliphatic carbocycles. The number of amides is 1. The van der Waals surface area contributed by atoms with Crippen molar-refractivity contribution in [2.24, 2.45) is 0 Å². The van der Waals surface area contributed by atoms with Gasteiger partial charge in [0.25, 0.3) is 5.91 Å². The molecule has 0 atom stereocenters. The van der Waals surface area contributed by atoms with E-state index in [1.165, 1.54) is 6.33 Å². The first-order valence-corrected chi connectivity index (χ1v) is 18.6. The fourth-order valence-corrected chi connectivity index (χ4v) is 7.38. The molecule has 56 heavy (non-hydrogen) atoms. The van der Waals surface area contributed by atoms with Gasteiger partial charge in [0.2, 0.25) is 11.2 Å². The molecule has 0 unspecified atom stereocenters. The number of aromatic nitrogens is 4. The second kappa shape index (κ2) is 15.4. The van der Waals surface area contributed by atoms with Gasteiger partial charge in [-0.2, -0.15) is 4.98 Å². The van der Waals surface area contributed by atoms with E-state index < -0.39 is 0 Å². The zero-order chi connectivity index (χ0) is 38.0. The first kappa shape index (κ1) is 35.4. The average molecular weight is 753 g/mol. The van der Waals surface area contributed by atoms with Crippen LogP contribution >= 0.6 is 0 Å². The van der Waals surface area contributed by atoms with Crippen LogP contribution in [0.1, 0.15) is 27.0 Å². The molecule has 1 amide bonds. The van der Waals surface area contributed by atoms with E-state index in [-0.39, 0.29) is 30.9 Å². The second-order valence-corrected chi connectivity index (χ2v) is 13.8. The molecule has 3 aliphatic heterocycles. The number of carbonyl (C=O) groups is 1. The van der Waals surface area contributed by atoms with Crippen molar-refractivity contribution in [2.75, 3.05) is 63.2 Å². The molecule has 3 aromatic carbocycles. The van der Waals surface area contributed by atoms with Crippen molar-refractivity contribution >= 4 is 39.7 Å². The van der Waals surface area contributed by atoms with Crippen LogP contribution in [0.25, 0.3) is 44.6 Å². The topological polar surface area (TPSA) is 175 Å². The maximum atomic E-state index is 13.5. The van der Waals surface area contributed by atoms with E-state index in [1.807, 2.05) is 36.4 Å². The summed E-state index contributed by atoms with van der Waals surface area (Å²) in [5, 5.41) is 15.8. The molecule has 2 saturated heterocycles. The Bertz CT molecular complexity index is 2590. The van der Waals surface area contributed by atoms with Gasteiger partial charge in [0.1, 0.15) is 31.2 Å². The third-order valence-corrected chi connectivity index (χ3v) is 10.3. The van der Waals surface area contributed by atoms with E-state index >= 15 is 0 Å². The smallest absolute Gasteiger partial charge is 0.251 e. The number of imidazole rings is 1. The van der Waals surface area contributed by atoms with Gasteiger partial charge < -0.3 is 54.6 Å². The van der Waals surface area contributed by atoms with Crippen LogP contribution in [0.4, 0.5) is 11.6 Å². The molecule has 5 heterocycles. The zero-order valence-corrected chi connectivity index (χ0v) is 30.6. The minimum atomic E-state index is -0.252. The van der Waals surface area contributed by atoms with Crippen molar-refractivity contribution in [3.63, 3.8) is 0 Å². The largest absolute Gasteiger partial charge is 0.472 e. The number of nitrogens with one attached hydrogen (secondary N) is 1. The number of carbonyl (C=O) groups excluding carboxylic acids is 1. The van der Waals surface area contributed by atoms with Gasteiger partial charge in [-0.15, -0.1) is 0 Å². The van der Waals surface area contributed by atoms with Gasteiger partial charge in [0.15, 0.2) is 19.0 Å². The highest BCUT2D eigenvalue weighted by molar-refractivity contribution is 6.04. The van der Waals surface area contributed by atoms with Gasteiger partial charge >= 0.3 is 0 Å². The van der Waals surface area contributed by atoms with Crippen molar-refractivity contribution in [1.29, 1.82) is 0 Å². The van der Waals surface area contributed by atoms with Crippen molar-refractivity contribution in [3.05, 3.63) is 113 Å². The number of rotatable bonds is 9. The van der Waals surface area contributed by atoms with Crippen LogP contribution in [-0.4, -0.2) is 78.6 Å². The molecule has 14 nitrogen and oxygen atoms in total. The first-order valence-electron chi connectivity index (χ1n) is 18.6. The second-order valence-electron chi connectivity index (χ2n) is 13.8. The van der Waals surface area contributed by atoms with Crippen LogP contribution in [0, 0.1) is 0 Å². The quantitative estimate of drug-likeness (QED) is 0.144. The van der Waals surface area contributed by atoms with Crippen LogP contribution in [-0.2, 0) is 29.2 Å². The molecular weight excluding hydrogens is 713 g/mol. The van der Waals surface area contributed by atoms with Crippen molar-refractivity contribution in [2.45, 2.75) is 19.8 Å². The van der Waals surface area contributed by atoms with Gasteiger partial charge in [-0.05, 0) is 58.9 Å². The fourth-order valence-electron chi connectivity index (χ4n) is 7.38. The van der Waals surface area contributed by atoms with Crippen LogP contribution in [0.2, 0.25) is 0 Å². The maximum absolute atomic E-state index is 13.5. The number of hydrogen-bond acceptors (Lipinski definition) is 11. The minimum absolute atomic E-state index is 0.0641. The molecule has 14 heteroatoms. The standard InChI is InChI=1S/C42H40N8O6/c43-42-47-39-38(45-25-46-39)41(48-42)55-24-27-3-1-26(2-4-27)22-44-40(52)28-5-8-32(29(19-28)23-51)37-33-9-6-30(49-11-15-53-16-12-49)20-35(33)56-36-21-31(7-10-34(36)37)50-13-17-54-18-14-50/h1-10,19-21,25,43-44,51-52H,11-18,22-24H2. The summed E-state index contributed by atoms with van der Waals surface area (Å²) in [5.41, 5.74) is 14.0. The number of nitrogens with two attached hydrogens (primary N) is 1. The summed E-state index contributed by atoms with van der Waals surface area (Å²) in [7, 11) is 0. The molecule has 4 N–H and O–H groups in total. The molecule has 5 aromatic rings. The average Bonchev–Trinajstić information content (AvgIpc) is 3.73. The Morgan fingerprint density at radius 3 is 2.52 bits per heavy atom. The number of benzene rings is 4.